The number of halogens is 1. The van der Waals surface area contributed by atoms with E-state index in [1.807, 2.05) is 10.6 Å². The van der Waals surface area contributed by atoms with E-state index in [1.54, 1.807) is 0 Å². The number of urea groups is 2. The normalized spacial score (nSPS) is 18.9. The fourth-order valence-electron chi connectivity index (χ4n) is 0.661. The molecule has 0 saturated carbocycles. The van der Waals surface area contributed by atoms with Gasteiger partial charge in [0.2, 0.25) is 0 Å². The summed E-state index contributed by atoms with van der Waals surface area (Å²) in [6.07, 6.45) is -1.04. The Balaban J connectivity index is 0.000000500. The molecule has 1 atom stereocenters. The number of nitrogens with one attached hydrogen (secondary N) is 3. The highest BCUT2D eigenvalue weighted by atomic mass is 35.5. The summed E-state index contributed by atoms with van der Waals surface area (Å²) in [6, 6.07) is -1.51. The summed E-state index contributed by atoms with van der Waals surface area (Å²) < 4.78 is 3.22. The van der Waals surface area contributed by atoms with Gasteiger partial charge in [0, 0.05) is 0 Å². The molecular weight excluding hydrogens is 218 g/mol. The molecule has 0 aliphatic carbocycles. The summed E-state index contributed by atoms with van der Waals surface area (Å²) in [5.41, 5.74) is 4.70. The van der Waals surface area contributed by atoms with Crippen LogP contribution in [-0.4, -0.2) is 24.1 Å². The maximum absolute atomic E-state index is 10.7. The van der Waals surface area contributed by atoms with E-state index in [2.05, 4.69) is 27.5 Å². The van der Waals surface area contributed by atoms with Gasteiger partial charge in [-0.2, -0.15) is 10.3 Å². The lowest BCUT2D eigenvalue weighted by molar-refractivity contribution is -0.120. The van der Waals surface area contributed by atoms with Crippen molar-refractivity contribution in [3.8, 4) is 0 Å². The van der Waals surface area contributed by atoms with Crippen LogP contribution in [0.1, 0.15) is 0 Å². The third-order valence-corrected chi connectivity index (χ3v) is 1.06. The van der Waals surface area contributed by atoms with Crippen LogP contribution in [0.2, 0.25) is 0 Å². The number of amides is 5. The number of hydrogen-bond donors (Lipinski definition) is 5. The first-order chi connectivity index (χ1) is 6.51. The van der Waals surface area contributed by atoms with Gasteiger partial charge >= 0.3 is 12.1 Å². The molecule has 1 unspecified atom stereocenters. The molecule has 9 nitrogen and oxygen atoms in total. The van der Waals surface area contributed by atoms with Crippen LogP contribution in [0.15, 0.2) is 0 Å². The van der Waals surface area contributed by atoms with Crippen LogP contribution in [0.4, 0.5) is 9.59 Å². The molecule has 1 saturated heterocycles. The molecule has 1 aliphatic heterocycles. The van der Waals surface area contributed by atoms with E-state index in [4.69, 9.17) is 5.73 Å². The first kappa shape index (κ1) is 12.4. The van der Waals surface area contributed by atoms with E-state index >= 15 is 0 Å². The first-order valence-corrected chi connectivity index (χ1v) is 3.47. The minimum absolute atomic E-state index is 0.617. The smallest absolute Gasteiger partial charge is 0.323 e. The van der Waals surface area contributed by atoms with Crippen LogP contribution in [0.3, 0.4) is 0 Å². The summed E-state index contributed by atoms with van der Waals surface area (Å²) in [6.45, 7) is 0. The first-order valence-electron chi connectivity index (χ1n) is 3.16. The van der Waals surface area contributed by atoms with Crippen molar-refractivity contribution in [2.24, 2.45) is 11.6 Å². The maximum atomic E-state index is 10.7. The van der Waals surface area contributed by atoms with Gasteiger partial charge in [0.1, 0.15) is 0 Å². The summed E-state index contributed by atoms with van der Waals surface area (Å²) >= 11 is 4.28. The van der Waals surface area contributed by atoms with Crippen molar-refractivity contribution in [2.75, 3.05) is 0 Å². The van der Waals surface area contributed by atoms with Crippen LogP contribution in [0.5, 0.6) is 0 Å². The predicted octanol–water partition coefficient (Wildman–Crippen LogP) is -2.15. The highest BCUT2D eigenvalue weighted by molar-refractivity contribution is 6.07. The highest BCUT2D eigenvalue weighted by Gasteiger charge is 2.29. The van der Waals surface area contributed by atoms with Crippen molar-refractivity contribution in [1.29, 1.82) is 0 Å². The number of primary amides is 1. The second kappa shape index (κ2) is 5.96. The quantitative estimate of drug-likeness (QED) is 0.255. The molecule has 7 N–H and O–H groups in total. The molecule has 1 rings (SSSR count). The van der Waals surface area contributed by atoms with Crippen LogP contribution >= 0.6 is 11.9 Å². The molecule has 0 aromatic carbocycles. The molecule has 0 bridgehead atoms. The minimum Gasteiger partial charge on any atom is -0.352 e. The van der Waals surface area contributed by atoms with E-state index in [1.165, 1.54) is 0 Å². The Kier molecular flexibility index (Phi) is 5.29. The van der Waals surface area contributed by atoms with Crippen LogP contribution in [0, 0.1) is 0 Å². The van der Waals surface area contributed by atoms with Crippen molar-refractivity contribution < 1.29 is 18.8 Å². The molecule has 1 aliphatic rings. The van der Waals surface area contributed by atoms with E-state index in [-0.39, 0.29) is 0 Å². The van der Waals surface area contributed by atoms with E-state index < -0.39 is 24.1 Å². The summed E-state index contributed by atoms with van der Waals surface area (Å²) in [5.74, 6) is 3.50. The van der Waals surface area contributed by atoms with Crippen LogP contribution in [-0.2, 0) is 9.18 Å². The van der Waals surface area contributed by atoms with Gasteiger partial charge in [-0.05, 0) is 0 Å². The third-order valence-electron chi connectivity index (χ3n) is 1.06. The minimum atomic E-state index is -1.04. The molecule has 10 heteroatoms. The molecule has 1 fully saturated rings. The van der Waals surface area contributed by atoms with E-state index in [0.29, 0.717) is 0 Å². The highest BCUT2D eigenvalue weighted by Crippen LogP contribution is 1.86. The molecule has 0 aromatic heterocycles. The number of carbonyl (C=O) groups is 3. The van der Waals surface area contributed by atoms with Gasteiger partial charge in [0.25, 0.3) is 5.91 Å². The zero-order chi connectivity index (χ0) is 11.1. The SMILES string of the molecule is NC(=O)NC1NC(=O)NC1=O.NOCl. The number of hydrogen-bond acceptors (Lipinski definition) is 5. The molecule has 1 heterocycles. The van der Waals surface area contributed by atoms with E-state index in [9.17, 15) is 14.4 Å². The van der Waals surface area contributed by atoms with Crippen molar-refractivity contribution in [1.82, 2.24) is 16.0 Å². The Morgan fingerprint density at radius 2 is 2.07 bits per heavy atom. The van der Waals surface area contributed by atoms with Gasteiger partial charge in [-0.1, -0.05) is 0 Å². The summed E-state index contributed by atoms with van der Waals surface area (Å²) in [7, 11) is 0. The number of carbonyl (C=O) groups excluding carboxylic acids is 3. The molecule has 0 aromatic rings. The molecule has 0 radical (unpaired) electrons. The Morgan fingerprint density at radius 3 is 2.36 bits per heavy atom. The largest absolute Gasteiger partial charge is 0.352 e. The Labute approximate surface area is 83.2 Å². The Morgan fingerprint density at radius 1 is 1.57 bits per heavy atom. The van der Waals surface area contributed by atoms with Crippen molar-refractivity contribution in [3.63, 3.8) is 0 Å². The lowest BCUT2D eigenvalue weighted by atomic mass is 10.5. The zero-order valence-corrected chi connectivity index (χ0v) is 7.50. The lowest BCUT2D eigenvalue weighted by Gasteiger charge is -2.05. The topological polar surface area (TPSA) is 149 Å². The molecule has 14 heavy (non-hydrogen) atoms. The summed E-state index contributed by atoms with van der Waals surface area (Å²) in [4.78, 5) is 31.3. The third kappa shape index (κ3) is 4.45. The number of imide groups is 1. The molecule has 5 amide bonds. The standard InChI is InChI=1S/C4H6N4O3.ClH2NO/c5-3(10)6-1-2(9)8-4(11)7-1;1-3-2/h1H,(H3,5,6,10)(H2,7,8,9,11);2H2. The molecule has 0 spiro atoms. The van der Waals surface area contributed by atoms with E-state index in [0.717, 1.165) is 0 Å². The Bertz CT molecular complexity index is 246. The van der Waals surface area contributed by atoms with Crippen LogP contribution < -0.4 is 27.6 Å². The van der Waals surface area contributed by atoms with Gasteiger partial charge in [0.05, 0.1) is 11.9 Å². The summed E-state index contributed by atoms with van der Waals surface area (Å²) in [5, 5.41) is 6.05. The monoisotopic (exact) mass is 225 g/mol. The lowest BCUT2D eigenvalue weighted by Crippen LogP contribution is -2.48. The average molecular weight is 226 g/mol. The Hall–Kier alpha value is -1.58. The van der Waals surface area contributed by atoms with Crippen molar-refractivity contribution in [2.45, 2.75) is 6.17 Å². The van der Waals surface area contributed by atoms with Gasteiger partial charge < -0.3 is 16.4 Å². The number of nitrogens with two attached hydrogens (primary N) is 2. The second-order valence-corrected chi connectivity index (χ2v) is 2.17. The van der Waals surface area contributed by atoms with Gasteiger partial charge in [-0.15, -0.1) is 0 Å². The predicted molar refractivity (Wildman–Crippen MR) is 44.3 cm³/mol. The van der Waals surface area contributed by atoms with Gasteiger partial charge in [-0.3, -0.25) is 10.1 Å². The maximum Gasteiger partial charge on any atom is 0.323 e. The molecular formula is C4H8ClN5O4. The average Bonchev–Trinajstić information content (AvgIpc) is 2.30. The fraction of sp³-hybridized carbons (Fsp3) is 0.250. The van der Waals surface area contributed by atoms with Crippen molar-refractivity contribution in [3.05, 3.63) is 0 Å². The fourth-order valence-corrected chi connectivity index (χ4v) is 0.661. The van der Waals surface area contributed by atoms with Gasteiger partial charge in [0.15, 0.2) is 6.17 Å². The number of rotatable bonds is 1. The zero-order valence-electron chi connectivity index (χ0n) is 6.74. The van der Waals surface area contributed by atoms with Crippen LogP contribution in [0.25, 0.3) is 0 Å². The molecule has 80 valence electrons. The second-order valence-electron chi connectivity index (χ2n) is 1.99. The van der Waals surface area contributed by atoms with Crippen molar-refractivity contribution >= 4 is 29.8 Å². The van der Waals surface area contributed by atoms with Gasteiger partial charge in [-0.25, -0.2) is 9.59 Å².